The summed E-state index contributed by atoms with van der Waals surface area (Å²) in [7, 11) is 1.70. The molecule has 6 nitrogen and oxygen atoms in total. The van der Waals surface area contributed by atoms with Gasteiger partial charge in [-0.2, -0.15) is 0 Å². The first-order valence-electron chi connectivity index (χ1n) is 8.70. The number of rotatable bonds is 1. The van der Waals surface area contributed by atoms with Crippen molar-refractivity contribution < 1.29 is 9.59 Å². The third-order valence-corrected chi connectivity index (χ3v) is 5.45. The SMILES string of the molecule is CN1CC(=O)N2[C@@H](c3cccnc3)c3[nH]c4ccccc4c3C[C@@H]2C1=O. The largest absolute Gasteiger partial charge is 0.356 e. The van der Waals surface area contributed by atoms with E-state index in [4.69, 9.17) is 0 Å². The van der Waals surface area contributed by atoms with Gasteiger partial charge >= 0.3 is 0 Å². The Hall–Kier alpha value is -3.15. The molecule has 5 rings (SSSR count). The highest BCUT2D eigenvalue weighted by atomic mass is 16.2. The van der Waals surface area contributed by atoms with Crippen LogP contribution in [-0.2, 0) is 16.0 Å². The summed E-state index contributed by atoms with van der Waals surface area (Å²) in [6.45, 7) is 0.113. The number of likely N-dealkylation sites (N-methyl/N-ethyl adjacent to an activating group) is 1. The first-order valence-corrected chi connectivity index (χ1v) is 8.70. The van der Waals surface area contributed by atoms with Crippen molar-refractivity contribution in [2.24, 2.45) is 0 Å². The third kappa shape index (κ3) is 2.02. The number of hydrogen-bond donors (Lipinski definition) is 1. The average Bonchev–Trinajstić information content (AvgIpc) is 3.03. The van der Waals surface area contributed by atoms with Crippen LogP contribution in [0.25, 0.3) is 10.9 Å². The van der Waals surface area contributed by atoms with Gasteiger partial charge in [0.2, 0.25) is 11.8 Å². The van der Waals surface area contributed by atoms with Crippen LogP contribution in [0.15, 0.2) is 48.8 Å². The Morgan fingerprint density at radius 3 is 2.81 bits per heavy atom. The average molecular weight is 346 g/mol. The second-order valence-electron chi connectivity index (χ2n) is 6.97. The highest BCUT2D eigenvalue weighted by molar-refractivity contribution is 5.97. The van der Waals surface area contributed by atoms with Crippen LogP contribution in [-0.4, -0.2) is 51.2 Å². The number of carbonyl (C=O) groups excluding carboxylic acids is 2. The third-order valence-electron chi connectivity index (χ3n) is 5.45. The van der Waals surface area contributed by atoms with Gasteiger partial charge in [0.05, 0.1) is 12.6 Å². The van der Waals surface area contributed by atoms with E-state index in [0.29, 0.717) is 6.42 Å². The summed E-state index contributed by atoms with van der Waals surface area (Å²) in [6.07, 6.45) is 4.02. The number of hydrogen-bond acceptors (Lipinski definition) is 3. The molecule has 0 aliphatic carbocycles. The number of pyridine rings is 1. The van der Waals surface area contributed by atoms with Gasteiger partial charge < -0.3 is 14.8 Å². The summed E-state index contributed by atoms with van der Waals surface area (Å²) in [5.74, 6) is -0.0373. The molecule has 0 spiro atoms. The first kappa shape index (κ1) is 15.1. The van der Waals surface area contributed by atoms with Crippen LogP contribution < -0.4 is 0 Å². The number of para-hydroxylation sites is 1. The number of H-pyrrole nitrogens is 1. The Bertz CT molecular complexity index is 1030. The number of carbonyl (C=O) groups is 2. The van der Waals surface area contributed by atoms with Crippen LogP contribution in [0.2, 0.25) is 0 Å². The molecule has 130 valence electrons. The van der Waals surface area contributed by atoms with Gasteiger partial charge in [-0.25, -0.2) is 0 Å². The fourth-order valence-corrected chi connectivity index (χ4v) is 4.29. The Labute approximate surface area is 150 Å². The minimum absolute atomic E-state index is 0.00517. The van der Waals surface area contributed by atoms with Crippen molar-refractivity contribution in [3.63, 3.8) is 0 Å². The minimum Gasteiger partial charge on any atom is -0.356 e. The molecule has 1 fully saturated rings. The zero-order valence-corrected chi connectivity index (χ0v) is 14.3. The van der Waals surface area contributed by atoms with Gasteiger partial charge in [0, 0.05) is 42.5 Å². The van der Waals surface area contributed by atoms with Gasteiger partial charge in [0.1, 0.15) is 6.04 Å². The van der Waals surface area contributed by atoms with Crippen molar-refractivity contribution in [2.45, 2.75) is 18.5 Å². The van der Waals surface area contributed by atoms with Crippen molar-refractivity contribution in [1.29, 1.82) is 0 Å². The van der Waals surface area contributed by atoms with Gasteiger partial charge in [0.15, 0.2) is 0 Å². The monoisotopic (exact) mass is 346 g/mol. The number of aromatic nitrogens is 2. The lowest BCUT2D eigenvalue weighted by Crippen LogP contribution is -2.62. The normalized spacial score (nSPS) is 22.5. The zero-order chi connectivity index (χ0) is 17.8. The molecule has 0 unspecified atom stereocenters. The van der Waals surface area contributed by atoms with Crippen molar-refractivity contribution in [2.75, 3.05) is 13.6 Å². The highest BCUT2D eigenvalue weighted by Gasteiger charge is 2.47. The van der Waals surface area contributed by atoms with Crippen LogP contribution in [0.4, 0.5) is 0 Å². The highest BCUT2D eigenvalue weighted by Crippen LogP contribution is 2.42. The smallest absolute Gasteiger partial charge is 0.245 e. The van der Waals surface area contributed by atoms with E-state index in [0.717, 1.165) is 27.7 Å². The molecule has 2 aliphatic heterocycles. The van der Waals surface area contributed by atoms with Gasteiger partial charge in [-0.15, -0.1) is 0 Å². The summed E-state index contributed by atoms with van der Waals surface area (Å²) in [5, 5.41) is 1.12. The fourth-order valence-electron chi connectivity index (χ4n) is 4.29. The Morgan fingerprint density at radius 2 is 2.00 bits per heavy atom. The number of nitrogens with zero attached hydrogens (tertiary/aromatic N) is 3. The molecular formula is C20H18N4O2. The van der Waals surface area contributed by atoms with E-state index in [1.54, 1.807) is 24.3 Å². The summed E-state index contributed by atoms with van der Waals surface area (Å²) >= 11 is 0. The van der Waals surface area contributed by atoms with Crippen LogP contribution in [0.5, 0.6) is 0 Å². The predicted molar refractivity (Wildman–Crippen MR) is 96.4 cm³/mol. The number of piperazine rings is 1. The lowest BCUT2D eigenvalue weighted by molar-refractivity contribution is -0.157. The fraction of sp³-hybridized carbons (Fsp3) is 0.250. The molecule has 0 radical (unpaired) electrons. The molecular weight excluding hydrogens is 328 g/mol. The van der Waals surface area contributed by atoms with Crippen molar-refractivity contribution in [3.8, 4) is 0 Å². The number of amides is 2. The summed E-state index contributed by atoms with van der Waals surface area (Å²) < 4.78 is 0. The second-order valence-corrected chi connectivity index (χ2v) is 6.97. The Kier molecular flexibility index (Phi) is 3.16. The van der Waals surface area contributed by atoms with Crippen LogP contribution in [0.3, 0.4) is 0 Å². The van der Waals surface area contributed by atoms with E-state index >= 15 is 0 Å². The molecule has 2 aromatic heterocycles. The molecule has 0 saturated carbocycles. The molecule has 3 aromatic rings. The predicted octanol–water partition coefficient (Wildman–Crippen LogP) is 1.88. The number of fused-ring (bicyclic) bond motifs is 4. The molecule has 1 N–H and O–H groups in total. The van der Waals surface area contributed by atoms with Crippen molar-refractivity contribution in [1.82, 2.24) is 19.8 Å². The molecule has 2 atom stereocenters. The molecule has 2 amide bonds. The Morgan fingerprint density at radius 1 is 1.15 bits per heavy atom. The molecule has 4 heterocycles. The molecule has 2 aliphatic rings. The number of nitrogens with one attached hydrogen (secondary N) is 1. The molecule has 6 heteroatoms. The van der Waals surface area contributed by atoms with E-state index in [1.807, 2.05) is 30.3 Å². The van der Waals surface area contributed by atoms with Gasteiger partial charge in [-0.05, 0) is 23.3 Å². The van der Waals surface area contributed by atoms with E-state index in [1.165, 1.54) is 4.90 Å². The van der Waals surface area contributed by atoms with Gasteiger partial charge in [0.25, 0.3) is 0 Å². The number of benzene rings is 1. The molecule has 1 saturated heterocycles. The lowest BCUT2D eigenvalue weighted by atomic mass is 9.87. The quantitative estimate of drug-likeness (QED) is 0.731. The van der Waals surface area contributed by atoms with Crippen LogP contribution in [0, 0.1) is 0 Å². The summed E-state index contributed by atoms with van der Waals surface area (Å²) in [6, 6.07) is 11.1. The molecule has 1 aromatic carbocycles. The first-order chi connectivity index (χ1) is 12.6. The maximum absolute atomic E-state index is 12.9. The maximum atomic E-state index is 12.9. The Balaban J connectivity index is 1.77. The number of aromatic amines is 1. The van der Waals surface area contributed by atoms with E-state index < -0.39 is 6.04 Å². The van der Waals surface area contributed by atoms with Crippen LogP contribution >= 0.6 is 0 Å². The molecule has 26 heavy (non-hydrogen) atoms. The second kappa shape index (κ2) is 5.42. The van der Waals surface area contributed by atoms with Gasteiger partial charge in [-0.3, -0.25) is 14.6 Å². The van der Waals surface area contributed by atoms with Crippen molar-refractivity contribution in [3.05, 3.63) is 65.6 Å². The summed E-state index contributed by atoms with van der Waals surface area (Å²) in [5.41, 5.74) is 4.04. The topological polar surface area (TPSA) is 69.3 Å². The standard InChI is InChI=1S/C20H18N4O2/c1-23-11-17(25)24-16(20(23)26)9-14-13-6-2-3-7-15(13)22-18(14)19(24)12-5-4-8-21-10-12/h2-8,10,16,19,22H,9,11H2,1H3/t16-,19+/m1/s1. The van der Waals surface area contributed by atoms with E-state index in [2.05, 4.69) is 16.0 Å². The zero-order valence-electron chi connectivity index (χ0n) is 14.3. The van der Waals surface area contributed by atoms with E-state index in [9.17, 15) is 9.59 Å². The lowest BCUT2D eigenvalue weighted by Gasteiger charge is -2.46. The minimum atomic E-state index is -0.474. The molecule has 0 bridgehead atoms. The van der Waals surface area contributed by atoms with Gasteiger partial charge in [-0.1, -0.05) is 24.3 Å². The van der Waals surface area contributed by atoms with Crippen molar-refractivity contribution >= 4 is 22.7 Å². The van der Waals surface area contributed by atoms with E-state index in [-0.39, 0.29) is 24.4 Å². The van der Waals surface area contributed by atoms with Crippen LogP contribution in [0.1, 0.15) is 22.9 Å². The summed E-state index contributed by atoms with van der Waals surface area (Å²) in [4.78, 5) is 36.8. The maximum Gasteiger partial charge on any atom is 0.245 e.